The van der Waals surface area contributed by atoms with E-state index in [-0.39, 0.29) is 5.91 Å². The highest BCUT2D eigenvalue weighted by Crippen LogP contribution is 2.43. The highest BCUT2D eigenvalue weighted by molar-refractivity contribution is 8.00. The molecule has 1 amide bonds. The Hall–Kier alpha value is -1.95. The summed E-state index contributed by atoms with van der Waals surface area (Å²) in [7, 11) is 0. The zero-order valence-corrected chi connectivity index (χ0v) is 11.5. The van der Waals surface area contributed by atoms with Gasteiger partial charge in [0.25, 0.3) is 0 Å². The predicted octanol–water partition coefficient (Wildman–Crippen LogP) is 4.49. The molecule has 1 heterocycles. The zero-order chi connectivity index (χ0) is 15.0. The molecular weight excluding hydrogens is 299 g/mol. The molecule has 0 aromatic heterocycles. The first-order valence-electron chi connectivity index (χ1n) is 6.19. The normalized spacial score (nSPS) is 18.0. The summed E-state index contributed by atoms with van der Waals surface area (Å²) >= 11 is 1.34. The van der Waals surface area contributed by atoms with E-state index in [1.807, 2.05) is 18.2 Å². The van der Waals surface area contributed by atoms with Crippen LogP contribution in [0.25, 0.3) is 0 Å². The second-order valence-corrected chi connectivity index (χ2v) is 5.75. The summed E-state index contributed by atoms with van der Waals surface area (Å²) in [4.78, 5) is 13.0. The van der Waals surface area contributed by atoms with E-state index >= 15 is 0 Å². The van der Waals surface area contributed by atoms with E-state index in [1.165, 1.54) is 23.9 Å². The number of thioether (sulfide) groups is 1. The fourth-order valence-electron chi connectivity index (χ4n) is 2.12. The summed E-state index contributed by atoms with van der Waals surface area (Å²) < 4.78 is 37.7. The molecule has 0 radical (unpaired) electrons. The van der Waals surface area contributed by atoms with E-state index in [4.69, 9.17) is 0 Å². The van der Waals surface area contributed by atoms with Crippen molar-refractivity contribution in [2.24, 2.45) is 0 Å². The molecule has 1 atom stereocenters. The number of anilines is 1. The van der Waals surface area contributed by atoms with Crippen molar-refractivity contribution >= 4 is 23.4 Å². The molecule has 0 saturated carbocycles. The Labute approximate surface area is 123 Å². The van der Waals surface area contributed by atoms with Crippen molar-refractivity contribution in [1.29, 1.82) is 0 Å². The molecule has 0 bridgehead atoms. The van der Waals surface area contributed by atoms with Crippen LogP contribution in [0.15, 0.2) is 53.4 Å². The average molecular weight is 309 g/mol. The van der Waals surface area contributed by atoms with Crippen molar-refractivity contribution in [3.63, 3.8) is 0 Å². The molecule has 3 rings (SSSR count). The third-order valence-corrected chi connectivity index (χ3v) is 4.50. The van der Waals surface area contributed by atoms with Gasteiger partial charge in [-0.25, -0.2) is 0 Å². The van der Waals surface area contributed by atoms with Gasteiger partial charge >= 0.3 is 6.18 Å². The predicted molar refractivity (Wildman–Crippen MR) is 75.1 cm³/mol. The molecule has 2 nitrogen and oxygen atoms in total. The maximum Gasteiger partial charge on any atom is 0.416 e. The Morgan fingerprint density at radius 1 is 1.00 bits per heavy atom. The van der Waals surface area contributed by atoms with Crippen molar-refractivity contribution in [3.05, 3.63) is 59.7 Å². The van der Waals surface area contributed by atoms with Crippen LogP contribution in [0, 0.1) is 0 Å². The van der Waals surface area contributed by atoms with Crippen molar-refractivity contribution < 1.29 is 18.0 Å². The van der Waals surface area contributed by atoms with Gasteiger partial charge in [0.15, 0.2) is 0 Å². The average Bonchev–Trinajstić information content (AvgIpc) is 2.46. The minimum atomic E-state index is -4.37. The standard InChI is InChI=1S/C15H10F3NOS/c16-15(17,18)10-7-5-9(6-8-10)13-14(20)19-11-3-1-2-4-12(11)21-13/h1-8,13H,(H,19,20). The lowest BCUT2D eigenvalue weighted by Crippen LogP contribution is -2.23. The van der Waals surface area contributed by atoms with Gasteiger partial charge in [-0.15, -0.1) is 11.8 Å². The molecule has 0 spiro atoms. The van der Waals surface area contributed by atoms with Crippen molar-refractivity contribution in [2.45, 2.75) is 16.3 Å². The molecule has 0 fully saturated rings. The zero-order valence-electron chi connectivity index (χ0n) is 10.6. The number of halogens is 3. The van der Waals surface area contributed by atoms with Crippen LogP contribution < -0.4 is 5.32 Å². The summed E-state index contributed by atoms with van der Waals surface area (Å²) in [5.74, 6) is -0.224. The van der Waals surface area contributed by atoms with E-state index < -0.39 is 17.0 Å². The van der Waals surface area contributed by atoms with Gasteiger partial charge in [0.05, 0.1) is 11.3 Å². The summed E-state index contributed by atoms with van der Waals surface area (Å²) in [6.07, 6.45) is -4.37. The first-order valence-corrected chi connectivity index (χ1v) is 7.07. The van der Waals surface area contributed by atoms with Crippen molar-refractivity contribution in [2.75, 3.05) is 5.32 Å². The molecule has 0 aliphatic carbocycles. The number of carbonyl (C=O) groups excluding carboxylic acids is 1. The molecule has 2 aromatic rings. The maximum absolute atomic E-state index is 12.6. The van der Waals surface area contributed by atoms with Gasteiger partial charge in [-0.3, -0.25) is 4.79 Å². The fraction of sp³-hybridized carbons (Fsp3) is 0.133. The van der Waals surface area contributed by atoms with Gasteiger partial charge in [0, 0.05) is 4.90 Å². The molecule has 6 heteroatoms. The van der Waals surface area contributed by atoms with E-state index in [1.54, 1.807) is 6.07 Å². The van der Waals surface area contributed by atoms with Crippen molar-refractivity contribution in [1.82, 2.24) is 0 Å². The Balaban J connectivity index is 1.89. The highest BCUT2D eigenvalue weighted by Gasteiger charge is 2.32. The van der Waals surface area contributed by atoms with Crippen LogP contribution >= 0.6 is 11.8 Å². The molecule has 1 N–H and O–H groups in total. The number of hydrogen-bond acceptors (Lipinski definition) is 2. The number of nitrogens with one attached hydrogen (secondary N) is 1. The van der Waals surface area contributed by atoms with Gasteiger partial charge in [-0.05, 0) is 29.8 Å². The second kappa shape index (κ2) is 5.11. The molecule has 21 heavy (non-hydrogen) atoms. The van der Waals surface area contributed by atoms with Crippen LogP contribution in [0.5, 0.6) is 0 Å². The SMILES string of the molecule is O=C1Nc2ccccc2SC1c1ccc(C(F)(F)F)cc1. The smallest absolute Gasteiger partial charge is 0.324 e. The van der Waals surface area contributed by atoms with Crippen molar-refractivity contribution in [3.8, 4) is 0 Å². The van der Waals surface area contributed by atoms with Crippen LogP contribution in [-0.2, 0) is 11.0 Å². The van der Waals surface area contributed by atoms with Crippen LogP contribution in [-0.4, -0.2) is 5.91 Å². The maximum atomic E-state index is 12.6. The van der Waals surface area contributed by atoms with Crippen LogP contribution in [0.4, 0.5) is 18.9 Å². The van der Waals surface area contributed by atoms with Gasteiger partial charge < -0.3 is 5.32 Å². The van der Waals surface area contributed by atoms with E-state index in [9.17, 15) is 18.0 Å². The van der Waals surface area contributed by atoms with Gasteiger partial charge in [-0.2, -0.15) is 13.2 Å². The molecule has 1 aliphatic heterocycles. The van der Waals surface area contributed by atoms with Crippen LogP contribution in [0.1, 0.15) is 16.4 Å². The monoisotopic (exact) mass is 309 g/mol. The lowest BCUT2D eigenvalue weighted by molar-refractivity contribution is -0.137. The molecule has 108 valence electrons. The quantitative estimate of drug-likeness (QED) is 0.841. The molecular formula is C15H10F3NOS. The summed E-state index contributed by atoms with van der Waals surface area (Å²) in [5, 5.41) is 2.23. The number of alkyl halides is 3. The summed E-state index contributed by atoms with van der Waals surface area (Å²) in [6.45, 7) is 0. The lowest BCUT2D eigenvalue weighted by atomic mass is 10.1. The van der Waals surface area contributed by atoms with Gasteiger partial charge in [0.1, 0.15) is 5.25 Å². The van der Waals surface area contributed by atoms with Gasteiger partial charge in [-0.1, -0.05) is 24.3 Å². The number of fused-ring (bicyclic) bond motifs is 1. The van der Waals surface area contributed by atoms with Crippen LogP contribution in [0.2, 0.25) is 0 Å². The summed E-state index contributed by atoms with van der Waals surface area (Å²) in [5.41, 5.74) is 0.573. The summed E-state index contributed by atoms with van der Waals surface area (Å²) in [6, 6.07) is 12.1. The molecule has 2 aromatic carbocycles. The Bertz CT molecular complexity index is 682. The Morgan fingerprint density at radius 3 is 2.33 bits per heavy atom. The Morgan fingerprint density at radius 2 is 1.67 bits per heavy atom. The molecule has 1 unspecified atom stereocenters. The van der Waals surface area contributed by atoms with Gasteiger partial charge in [0.2, 0.25) is 5.91 Å². The number of rotatable bonds is 1. The highest BCUT2D eigenvalue weighted by atomic mass is 32.2. The lowest BCUT2D eigenvalue weighted by Gasteiger charge is -2.24. The minimum absolute atomic E-state index is 0.224. The molecule has 0 saturated heterocycles. The second-order valence-electron chi connectivity index (χ2n) is 4.60. The number of carbonyl (C=O) groups is 1. The van der Waals surface area contributed by atoms with E-state index in [2.05, 4.69) is 5.32 Å². The number of hydrogen-bond donors (Lipinski definition) is 1. The molecule has 1 aliphatic rings. The number of amides is 1. The topological polar surface area (TPSA) is 29.1 Å². The number of benzene rings is 2. The largest absolute Gasteiger partial charge is 0.416 e. The van der Waals surface area contributed by atoms with Crippen LogP contribution in [0.3, 0.4) is 0 Å². The Kier molecular flexibility index (Phi) is 3.41. The first-order chi connectivity index (χ1) is 9.95. The third-order valence-electron chi connectivity index (χ3n) is 3.17. The fourth-order valence-corrected chi connectivity index (χ4v) is 3.23. The first kappa shape index (κ1) is 14.0. The number of para-hydroxylation sites is 1. The van der Waals surface area contributed by atoms with E-state index in [0.29, 0.717) is 5.56 Å². The third kappa shape index (κ3) is 2.76. The van der Waals surface area contributed by atoms with E-state index in [0.717, 1.165) is 22.7 Å². The minimum Gasteiger partial charge on any atom is -0.324 e.